The molecule has 2 saturated heterocycles. The molecule has 0 unspecified atom stereocenters. The van der Waals surface area contributed by atoms with Crippen LogP contribution in [0.25, 0.3) is 0 Å². The lowest BCUT2D eigenvalue weighted by Gasteiger charge is -2.27. The summed E-state index contributed by atoms with van der Waals surface area (Å²) in [6, 6.07) is -0.197. The minimum absolute atomic E-state index is 0.134. The third-order valence-electron chi connectivity index (χ3n) is 3.37. The summed E-state index contributed by atoms with van der Waals surface area (Å²) in [4.78, 5) is 27.9. The van der Waals surface area contributed by atoms with Crippen LogP contribution in [0.15, 0.2) is 0 Å². The lowest BCUT2D eigenvalue weighted by atomic mass is 10.2. The summed E-state index contributed by atoms with van der Waals surface area (Å²) in [5.41, 5.74) is 0. The molecule has 1 atom stereocenters. The van der Waals surface area contributed by atoms with Crippen molar-refractivity contribution in [2.45, 2.75) is 38.6 Å². The molecule has 4 nitrogen and oxygen atoms in total. The largest absolute Gasteiger partial charge is 0.341 e. The van der Waals surface area contributed by atoms with Gasteiger partial charge >= 0.3 is 0 Å². The molecule has 0 radical (unpaired) electrons. The Bertz CT molecular complexity index is 303. The zero-order chi connectivity index (χ0) is 12.3. The summed E-state index contributed by atoms with van der Waals surface area (Å²) >= 11 is 1.69. The number of carbonyl (C=O) groups is 2. The Morgan fingerprint density at radius 2 is 2.00 bits per heavy atom. The maximum atomic E-state index is 12.3. The van der Waals surface area contributed by atoms with E-state index in [1.807, 2.05) is 11.8 Å². The van der Waals surface area contributed by atoms with Crippen molar-refractivity contribution in [3.05, 3.63) is 0 Å². The number of thioether (sulfide) groups is 1. The van der Waals surface area contributed by atoms with Crippen molar-refractivity contribution in [3.8, 4) is 0 Å². The van der Waals surface area contributed by atoms with E-state index in [2.05, 4.69) is 0 Å². The maximum absolute atomic E-state index is 12.3. The van der Waals surface area contributed by atoms with Crippen LogP contribution in [-0.4, -0.2) is 52.4 Å². The topological polar surface area (TPSA) is 40.6 Å². The van der Waals surface area contributed by atoms with Crippen molar-refractivity contribution in [1.82, 2.24) is 9.80 Å². The Balaban J connectivity index is 1.98. The van der Waals surface area contributed by atoms with Gasteiger partial charge < -0.3 is 9.80 Å². The van der Waals surface area contributed by atoms with Gasteiger partial charge in [-0.15, -0.1) is 11.8 Å². The molecule has 2 heterocycles. The zero-order valence-electron chi connectivity index (χ0n) is 10.4. The van der Waals surface area contributed by atoms with Crippen LogP contribution in [0, 0.1) is 0 Å². The van der Waals surface area contributed by atoms with Gasteiger partial charge in [-0.3, -0.25) is 9.59 Å². The maximum Gasteiger partial charge on any atom is 0.246 e. The molecule has 0 aromatic rings. The molecular weight excluding hydrogens is 236 g/mol. The van der Waals surface area contributed by atoms with E-state index in [1.54, 1.807) is 16.7 Å². The van der Waals surface area contributed by atoms with Crippen molar-refractivity contribution in [1.29, 1.82) is 0 Å². The molecule has 2 aliphatic rings. The number of hydrogen-bond donors (Lipinski definition) is 0. The van der Waals surface area contributed by atoms with Crippen LogP contribution >= 0.6 is 11.8 Å². The number of hydrogen-bond acceptors (Lipinski definition) is 3. The first-order valence-electron chi connectivity index (χ1n) is 6.40. The average molecular weight is 256 g/mol. The predicted molar refractivity (Wildman–Crippen MR) is 68.7 cm³/mol. The summed E-state index contributed by atoms with van der Waals surface area (Å²) in [7, 11) is 0. The van der Waals surface area contributed by atoms with E-state index >= 15 is 0 Å². The monoisotopic (exact) mass is 256 g/mol. The Morgan fingerprint density at radius 1 is 1.29 bits per heavy atom. The van der Waals surface area contributed by atoms with Crippen molar-refractivity contribution in [3.63, 3.8) is 0 Å². The molecular formula is C12H20N2O2S. The first kappa shape index (κ1) is 12.7. The molecule has 0 aliphatic carbocycles. The van der Waals surface area contributed by atoms with Crippen LogP contribution in [0.2, 0.25) is 0 Å². The summed E-state index contributed by atoms with van der Waals surface area (Å²) in [5.74, 6) is 1.75. The van der Waals surface area contributed by atoms with Crippen LogP contribution in [0.3, 0.4) is 0 Å². The Hall–Kier alpha value is -0.710. The first-order chi connectivity index (χ1) is 8.24. The van der Waals surface area contributed by atoms with Crippen LogP contribution in [0.1, 0.15) is 32.6 Å². The van der Waals surface area contributed by atoms with Gasteiger partial charge in [0.25, 0.3) is 0 Å². The minimum Gasteiger partial charge on any atom is -0.341 e. The molecule has 2 amide bonds. The van der Waals surface area contributed by atoms with Gasteiger partial charge in [0.15, 0.2) is 0 Å². The molecule has 2 fully saturated rings. The number of rotatable bonds is 3. The number of likely N-dealkylation sites (tertiary alicyclic amines) is 1. The highest BCUT2D eigenvalue weighted by molar-refractivity contribution is 7.99. The second kappa shape index (κ2) is 5.76. The molecule has 0 spiro atoms. The molecule has 0 aromatic carbocycles. The highest BCUT2D eigenvalue weighted by Gasteiger charge is 2.37. The molecule has 0 aromatic heterocycles. The smallest absolute Gasteiger partial charge is 0.246 e. The average Bonchev–Trinajstić information content (AvgIpc) is 3.00. The highest BCUT2D eigenvalue weighted by atomic mass is 32.2. The summed E-state index contributed by atoms with van der Waals surface area (Å²) in [6.07, 6.45) is 3.62. The highest BCUT2D eigenvalue weighted by Crippen LogP contribution is 2.24. The van der Waals surface area contributed by atoms with Gasteiger partial charge in [0, 0.05) is 25.3 Å². The van der Waals surface area contributed by atoms with Crippen molar-refractivity contribution < 1.29 is 9.59 Å². The van der Waals surface area contributed by atoms with Crippen molar-refractivity contribution in [2.24, 2.45) is 0 Å². The van der Waals surface area contributed by atoms with E-state index in [0.717, 1.165) is 38.1 Å². The van der Waals surface area contributed by atoms with Gasteiger partial charge in [-0.05, 0) is 19.3 Å². The molecule has 96 valence electrons. The lowest BCUT2D eigenvalue weighted by Crippen LogP contribution is -2.48. The number of carbonyl (C=O) groups excluding carboxylic acids is 2. The molecule has 17 heavy (non-hydrogen) atoms. The molecule has 0 saturated carbocycles. The number of amides is 2. The fourth-order valence-corrected chi connectivity index (χ4v) is 3.57. The van der Waals surface area contributed by atoms with E-state index in [4.69, 9.17) is 0 Å². The SMILES string of the molecule is CCCC(=O)N1CSC[C@H]1C(=O)N1CCCC1. The van der Waals surface area contributed by atoms with E-state index < -0.39 is 0 Å². The quantitative estimate of drug-likeness (QED) is 0.764. The zero-order valence-corrected chi connectivity index (χ0v) is 11.2. The van der Waals surface area contributed by atoms with E-state index in [9.17, 15) is 9.59 Å². The van der Waals surface area contributed by atoms with E-state index in [-0.39, 0.29) is 17.9 Å². The molecule has 5 heteroatoms. The van der Waals surface area contributed by atoms with Gasteiger partial charge in [0.1, 0.15) is 6.04 Å². The van der Waals surface area contributed by atoms with Gasteiger partial charge in [-0.1, -0.05) is 6.92 Å². The van der Waals surface area contributed by atoms with E-state index in [0.29, 0.717) is 12.3 Å². The summed E-state index contributed by atoms with van der Waals surface area (Å²) in [5, 5.41) is 0. The molecule has 2 rings (SSSR count). The lowest BCUT2D eigenvalue weighted by molar-refractivity contribution is -0.142. The summed E-state index contributed by atoms with van der Waals surface area (Å²) < 4.78 is 0. The second-order valence-electron chi connectivity index (χ2n) is 4.66. The molecule has 0 N–H and O–H groups in total. The third-order valence-corrected chi connectivity index (χ3v) is 4.38. The van der Waals surface area contributed by atoms with Crippen LogP contribution in [-0.2, 0) is 9.59 Å². The Labute approximate surface area is 107 Å². The van der Waals surface area contributed by atoms with Gasteiger partial charge in [0.2, 0.25) is 11.8 Å². The van der Waals surface area contributed by atoms with Crippen LogP contribution < -0.4 is 0 Å². The fourth-order valence-electron chi connectivity index (χ4n) is 2.40. The first-order valence-corrected chi connectivity index (χ1v) is 7.55. The van der Waals surface area contributed by atoms with Gasteiger partial charge in [-0.25, -0.2) is 0 Å². The fraction of sp³-hybridized carbons (Fsp3) is 0.833. The second-order valence-corrected chi connectivity index (χ2v) is 5.66. The summed E-state index contributed by atoms with van der Waals surface area (Å²) in [6.45, 7) is 3.74. The normalized spacial score (nSPS) is 24.4. The van der Waals surface area contributed by atoms with Gasteiger partial charge in [-0.2, -0.15) is 0 Å². The standard InChI is InChI=1S/C12H20N2O2S/c1-2-5-11(15)14-9-17-8-10(14)12(16)13-6-3-4-7-13/h10H,2-9H2,1H3/t10-/m0/s1. The number of nitrogens with zero attached hydrogens (tertiary/aromatic N) is 2. The molecule has 2 aliphatic heterocycles. The van der Waals surface area contributed by atoms with Crippen LogP contribution in [0.5, 0.6) is 0 Å². The Morgan fingerprint density at radius 3 is 2.65 bits per heavy atom. The van der Waals surface area contributed by atoms with Crippen LogP contribution in [0.4, 0.5) is 0 Å². The minimum atomic E-state index is -0.197. The van der Waals surface area contributed by atoms with Crippen molar-refractivity contribution in [2.75, 3.05) is 24.7 Å². The molecule has 0 bridgehead atoms. The van der Waals surface area contributed by atoms with E-state index in [1.165, 1.54) is 0 Å². The third kappa shape index (κ3) is 2.76. The van der Waals surface area contributed by atoms with Crippen molar-refractivity contribution >= 4 is 23.6 Å². The van der Waals surface area contributed by atoms with Gasteiger partial charge in [0.05, 0.1) is 5.88 Å². The Kier molecular flexibility index (Phi) is 4.31. The predicted octanol–water partition coefficient (Wildman–Crippen LogP) is 1.31.